The molecule has 1 aliphatic rings. The van der Waals surface area contributed by atoms with Crippen molar-refractivity contribution >= 4 is 14.3 Å². The predicted octanol–water partition coefficient (Wildman–Crippen LogP) is 9.37. The lowest BCUT2D eigenvalue weighted by atomic mass is 9.69. The first-order valence-corrected chi connectivity index (χ1v) is 18.2. The normalized spacial score (nSPS) is 14.2. The summed E-state index contributed by atoms with van der Waals surface area (Å²) in [5, 5.41) is 0. The number of carbonyl (C=O) groups excluding carboxylic acids is 1. The summed E-state index contributed by atoms with van der Waals surface area (Å²) in [5.41, 5.74) is 8.26. The van der Waals surface area contributed by atoms with E-state index in [9.17, 15) is 4.79 Å². The molecule has 0 bridgehead atoms. The Morgan fingerprint density at radius 2 is 1.41 bits per heavy atom. The van der Waals surface area contributed by atoms with Gasteiger partial charge in [0.1, 0.15) is 18.1 Å². The third kappa shape index (κ3) is 6.85. The summed E-state index contributed by atoms with van der Waals surface area (Å²) in [6.45, 7) is 20.2. The van der Waals surface area contributed by atoms with Crippen molar-refractivity contribution in [3.05, 3.63) is 100 Å². The van der Waals surface area contributed by atoms with Crippen molar-refractivity contribution in [2.45, 2.75) is 91.5 Å². The number of ether oxygens (including phenoxy) is 2. The van der Waals surface area contributed by atoms with Crippen LogP contribution < -0.4 is 4.74 Å². The number of hydrogen-bond acceptors (Lipinski definition) is 4. The number of cyclic esters (lactones) is 1. The summed E-state index contributed by atoms with van der Waals surface area (Å²) in [7, 11) is -1.67. The molecule has 4 nitrogen and oxygen atoms in total. The first-order valence-electron chi connectivity index (χ1n) is 14.8. The van der Waals surface area contributed by atoms with E-state index in [2.05, 4.69) is 122 Å². The van der Waals surface area contributed by atoms with E-state index in [1.54, 1.807) is 6.08 Å². The molecule has 0 atom stereocenters. The van der Waals surface area contributed by atoms with Crippen molar-refractivity contribution in [2.75, 3.05) is 6.61 Å². The van der Waals surface area contributed by atoms with E-state index in [1.807, 2.05) is 0 Å². The second-order valence-electron chi connectivity index (χ2n) is 12.7. The number of carbonyl (C=O) groups is 1. The van der Waals surface area contributed by atoms with Gasteiger partial charge in [0.05, 0.1) is 12.0 Å². The highest BCUT2D eigenvalue weighted by Gasteiger charge is 2.32. The molecule has 0 N–H and O–H groups in total. The average molecular weight is 571 g/mol. The third-order valence-electron chi connectivity index (χ3n) is 8.28. The second kappa shape index (κ2) is 12.0. The van der Waals surface area contributed by atoms with Gasteiger partial charge in [0.15, 0.2) is 8.32 Å². The van der Waals surface area contributed by atoms with E-state index in [0.717, 1.165) is 24.2 Å². The van der Waals surface area contributed by atoms with Crippen LogP contribution in [0.25, 0.3) is 11.1 Å². The molecule has 218 valence electrons. The van der Waals surface area contributed by atoms with Gasteiger partial charge in [0, 0.05) is 5.41 Å². The first kappa shape index (κ1) is 30.8. The van der Waals surface area contributed by atoms with Crippen LogP contribution in [0.4, 0.5) is 0 Å². The lowest BCUT2D eigenvalue weighted by molar-refractivity contribution is -0.136. The maximum Gasteiger partial charge on any atom is 0.314 e. The van der Waals surface area contributed by atoms with Crippen LogP contribution in [0.3, 0.4) is 0 Å². The molecule has 0 fully saturated rings. The Kier molecular flexibility index (Phi) is 9.00. The maximum atomic E-state index is 11.4. The summed E-state index contributed by atoms with van der Waals surface area (Å²) in [5.74, 6) is 1.18. The summed E-state index contributed by atoms with van der Waals surface area (Å²) in [4.78, 5) is 11.4. The molecule has 1 aliphatic heterocycles. The summed E-state index contributed by atoms with van der Waals surface area (Å²) in [6.07, 6.45) is 4.09. The third-order valence-corrected chi connectivity index (χ3v) is 9.40. The van der Waals surface area contributed by atoms with Gasteiger partial charge in [-0.15, -0.1) is 0 Å². The largest absolute Gasteiger partial charge is 0.485 e. The highest BCUT2D eigenvalue weighted by atomic mass is 28.4. The summed E-state index contributed by atoms with van der Waals surface area (Å²) >= 11 is 0. The molecule has 0 spiro atoms. The van der Waals surface area contributed by atoms with Gasteiger partial charge in [-0.25, -0.2) is 0 Å². The Balaban J connectivity index is 1.58. The fraction of sp³-hybridized carbons (Fsp3) is 0.417. The zero-order valence-corrected chi connectivity index (χ0v) is 27.3. The highest BCUT2D eigenvalue weighted by Crippen LogP contribution is 2.42. The highest BCUT2D eigenvalue weighted by molar-refractivity contribution is 6.69. The van der Waals surface area contributed by atoms with E-state index in [4.69, 9.17) is 13.9 Å². The van der Waals surface area contributed by atoms with Gasteiger partial charge in [-0.2, -0.15) is 0 Å². The molecule has 3 aromatic carbocycles. The first-order chi connectivity index (χ1) is 19.3. The molecule has 0 saturated carbocycles. The fourth-order valence-electron chi connectivity index (χ4n) is 6.17. The van der Waals surface area contributed by atoms with Crippen LogP contribution in [0.1, 0.15) is 74.8 Å². The number of rotatable bonds is 11. The van der Waals surface area contributed by atoms with Gasteiger partial charge >= 0.3 is 5.97 Å². The van der Waals surface area contributed by atoms with E-state index in [1.165, 1.54) is 33.4 Å². The van der Waals surface area contributed by atoms with E-state index < -0.39 is 8.32 Å². The number of benzene rings is 3. The Hall–Kier alpha value is -3.15. The molecule has 0 saturated heterocycles. The maximum absolute atomic E-state index is 11.4. The molecular weight excluding hydrogens is 524 g/mol. The molecule has 1 heterocycles. The predicted molar refractivity (Wildman–Crippen MR) is 171 cm³/mol. The molecular formula is C36H46O4Si. The molecule has 0 aliphatic carbocycles. The standard InChI is InChI=1S/C36H46O4Si/c1-10-36(11-2,30-17-20-33(26(4)23-30)38-24-31-18-21-34(37)39-31)29-16-19-32(25(3)22-29)27-12-14-28(15-13-27)35(5,6)40-41(7,8)9/h12-20,22-23H,10-11,21,24H2,1-9H3. The second-order valence-corrected chi connectivity index (χ2v) is 17.2. The van der Waals surface area contributed by atoms with Gasteiger partial charge in [-0.05, 0) is 111 Å². The minimum atomic E-state index is -1.67. The Labute approximate surface area is 247 Å². The van der Waals surface area contributed by atoms with E-state index in [0.29, 0.717) is 12.2 Å². The van der Waals surface area contributed by atoms with Crippen LogP contribution in [0.5, 0.6) is 5.75 Å². The zero-order valence-electron chi connectivity index (χ0n) is 26.3. The molecule has 0 aromatic heterocycles. The number of esters is 1. The minimum absolute atomic E-state index is 0.0991. The van der Waals surface area contributed by atoms with Crippen LogP contribution in [-0.2, 0) is 25.0 Å². The Morgan fingerprint density at radius 3 is 1.93 bits per heavy atom. The monoisotopic (exact) mass is 570 g/mol. The van der Waals surface area contributed by atoms with Crippen LogP contribution >= 0.6 is 0 Å². The van der Waals surface area contributed by atoms with Gasteiger partial charge in [-0.1, -0.05) is 68.4 Å². The van der Waals surface area contributed by atoms with Crippen LogP contribution in [0, 0.1) is 13.8 Å². The molecule has 0 amide bonds. The molecule has 0 radical (unpaired) electrons. The molecule has 3 aromatic rings. The smallest absolute Gasteiger partial charge is 0.314 e. The number of hydrogen-bond donors (Lipinski definition) is 0. The fourth-order valence-corrected chi connectivity index (χ4v) is 7.82. The quantitative estimate of drug-likeness (QED) is 0.170. The Morgan fingerprint density at radius 1 is 0.829 bits per heavy atom. The topological polar surface area (TPSA) is 44.8 Å². The lowest BCUT2D eigenvalue weighted by Gasteiger charge is -2.34. The molecule has 4 rings (SSSR count). The van der Waals surface area contributed by atoms with Crippen molar-refractivity contribution in [3.8, 4) is 16.9 Å². The van der Waals surface area contributed by atoms with Crippen molar-refractivity contribution in [1.82, 2.24) is 0 Å². The van der Waals surface area contributed by atoms with E-state index >= 15 is 0 Å². The van der Waals surface area contributed by atoms with Crippen LogP contribution in [0.15, 0.2) is 72.5 Å². The lowest BCUT2D eigenvalue weighted by Crippen LogP contribution is -2.36. The average Bonchev–Trinajstić information content (AvgIpc) is 3.33. The van der Waals surface area contributed by atoms with Crippen LogP contribution in [0.2, 0.25) is 19.6 Å². The van der Waals surface area contributed by atoms with Gasteiger partial charge in [-0.3, -0.25) is 4.79 Å². The Bertz CT molecular complexity index is 1420. The summed E-state index contributed by atoms with van der Waals surface area (Å²) < 4.78 is 17.6. The molecule has 0 unspecified atom stereocenters. The summed E-state index contributed by atoms with van der Waals surface area (Å²) in [6, 6.07) is 22.3. The number of aryl methyl sites for hydroxylation is 2. The van der Waals surface area contributed by atoms with Crippen molar-refractivity contribution in [2.24, 2.45) is 0 Å². The van der Waals surface area contributed by atoms with Gasteiger partial charge in [0.2, 0.25) is 0 Å². The SMILES string of the molecule is CCC(CC)(c1ccc(OCC2=CCC(=O)O2)c(C)c1)c1ccc(-c2ccc(C(C)(C)O[Si](C)(C)C)cc2)c(C)c1. The van der Waals surface area contributed by atoms with Gasteiger partial charge in [0.25, 0.3) is 0 Å². The van der Waals surface area contributed by atoms with Gasteiger partial charge < -0.3 is 13.9 Å². The van der Waals surface area contributed by atoms with Crippen LogP contribution in [-0.4, -0.2) is 20.9 Å². The van der Waals surface area contributed by atoms with E-state index in [-0.39, 0.29) is 23.6 Å². The van der Waals surface area contributed by atoms with Crippen molar-refractivity contribution in [1.29, 1.82) is 0 Å². The minimum Gasteiger partial charge on any atom is -0.485 e. The van der Waals surface area contributed by atoms with Crippen molar-refractivity contribution < 1.29 is 18.7 Å². The molecule has 41 heavy (non-hydrogen) atoms. The molecule has 5 heteroatoms. The van der Waals surface area contributed by atoms with Crippen molar-refractivity contribution in [3.63, 3.8) is 0 Å². The zero-order chi connectivity index (χ0) is 30.0.